The molecule has 0 bridgehead atoms. The van der Waals surface area contributed by atoms with Gasteiger partial charge in [0.2, 0.25) is 5.88 Å². The third-order valence-corrected chi connectivity index (χ3v) is 3.05. The quantitative estimate of drug-likeness (QED) is 0.942. The fourth-order valence-electron chi connectivity index (χ4n) is 1.43. The summed E-state index contributed by atoms with van der Waals surface area (Å²) in [6.45, 7) is 1.77. The van der Waals surface area contributed by atoms with Gasteiger partial charge in [-0.25, -0.2) is 14.4 Å². The van der Waals surface area contributed by atoms with Crippen LogP contribution in [0.2, 0.25) is 0 Å². The monoisotopic (exact) mass is 311 g/mol. The molecule has 0 aliphatic carbocycles. The SMILES string of the molecule is CNc1ncnc(Oc2ccc(F)cc2C)c1Br. The van der Waals surface area contributed by atoms with Crippen LogP contribution < -0.4 is 10.1 Å². The van der Waals surface area contributed by atoms with Crippen LogP contribution in [-0.2, 0) is 0 Å². The van der Waals surface area contributed by atoms with Crippen LogP contribution >= 0.6 is 15.9 Å². The number of rotatable bonds is 3. The topological polar surface area (TPSA) is 47.0 Å². The summed E-state index contributed by atoms with van der Waals surface area (Å²) in [7, 11) is 1.75. The molecular formula is C12H11BrFN3O. The highest BCUT2D eigenvalue weighted by Crippen LogP contribution is 2.32. The molecule has 0 aliphatic rings. The Kier molecular flexibility index (Phi) is 3.76. The number of hydrogen-bond acceptors (Lipinski definition) is 4. The summed E-state index contributed by atoms with van der Waals surface area (Å²) in [5.41, 5.74) is 0.700. The van der Waals surface area contributed by atoms with Crippen molar-refractivity contribution in [1.82, 2.24) is 9.97 Å². The zero-order valence-electron chi connectivity index (χ0n) is 9.87. The van der Waals surface area contributed by atoms with Crippen molar-refractivity contribution in [1.29, 1.82) is 0 Å². The maximum atomic E-state index is 13.0. The standard InChI is InChI=1S/C12H11BrFN3O/c1-7-5-8(14)3-4-9(7)18-12-10(13)11(15-2)16-6-17-12/h3-6H,1-2H3,(H,15,16,17). The molecule has 0 amide bonds. The Hall–Kier alpha value is -1.69. The molecule has 6 heteroatoms. The minimum atomic E-state index is -0.294. The van der Waals surface area contributed by atoms with Crippen LogP contribution in [-0.4, -0.2) is 17.0 Å². The van der Waals surface area contributed by atoms with E-state index in [4.69, 9.17) is 4.74 Å². The highest BCUT2D eigenvalue weighted by Gasteiger charge is 2.11. The lowest BCUT2D eigenvalue weighted by Crippen LogP contribution is -1.98. The first-order chi connectivity index (χ1) is 8.61. The Bertz CT molecular complexity index is 577. The predicted molar refractivity (Wildman–Crippen MR) is 70.5 cm³/mol. The van der Waals surface area contributed by atoms with Crippen molar-refractivity contribution in [2.45, 2.75) is 6.92 Å². The van der Waals surface area contributed by atoms with Crippen molar-refractivity contribution in [2.75, 3.05) is 12.4 Å². The van der Waals surface area contributed by atoms with E-state index >= 15 is 0 Å². The highest BCUT2D eigenvalue weighted by molar-refractivity contribution is 9.10. The molecule has 1 aromatic heterocycles. The van der Waals surface area contributed by atoms with Crippen LogP contribution in [0.3, 0.4) is 0 Å². The van der Waals surface area contributed by atoms with E-state index in [9.17, 15) is 4.39 Å². The molecule has 1 aromatic carbocycles. The molecule has 0 radical (unpaired) electrons. The molecule has 94 valence electrons. The van der Waals surface area contributed by atoms with Crippen LogP contribution in [0.5, 0.6) is 11.6 Å². The molecule has 1 N–H and O–H groups in total. The van der Waals surface area contributed by atoms with Gasteiger partial charge in [0.25, 0.3) is 0 Å². The number of anilines is 1. The van der Waals surface area contributed by atoms with E-state index in [1.807, 2.05) is 0 Å². The van der Waals surface area contributed by atoms with E-state index in [1.165, 1.54) is 18.5 Å². The van der Waals surface area contributed by atoms with Crippen molar-refractivity contribution < 1.29 is 9.13 Å². The third-order valence-electron chi connectivity index (χ3n) is 2.34. The summed E-state index contributed by atoms with van der Waals surface area (Å²) in [5.74, 6) is 1.26. The molecule has 0 saturated carbocycles. The number of hydrogen-bond donors (Lipinski definition) is 1. The average molecular weight is 312 g/mol. The van der Waals surface area contributed by atoms with Gasteiger partial charge in [-0.3, -0.25) is 0 Å². The first-order valence-electron chi connectivity index (χ1n) is 5.24. The molecule has 0 unspecified atom stereocenters. The van der Waals surface area contributed by atoms with Gasteiger partial charge in [0, 0.05) is 7.05 Å². The van der Waals surface area contributed by atoms with Crippen LogP contribution in [0.1, 0.15) is 5.56 Å². The lowest BCUT2D eigenvalue weighted by Gasteiger charge is -2.10. The van der Waals surface area contributed by atoms with Crippen molar-refractivity contribution in [3.63, 3.8) is 0 Å². The summed E-state index contributed by atoms with van der Waals surface area (Å²) in [6, 6.07) is 4.32. The molecule has 1 heterocycles. The van der Waals surface area contributed by atoms with Gasteiger partial charge in [-0.2, -0.15) is 0 Å². The van der Waals surface area contributed by atoms with Crippen molar-refractivity contribution >= 4 is 21.7 Å². The summed E-state index contributed by atoms with van der Waals surface area (Å²) in [5, 5.41) is 2.91. The summed E-state index contributed by atoms with van der Waals surface area (Å²) in [4.78, 5) is 8.06. The van der Waals surface area contributed by atoms with Crippen molar-refractivity contribution in [3.05, 3.63) is 40.4 Å². The number of halogens is 2. The molecule has 0 fully saturated rings. The first-order valence-corrected chi connectivity index (χ1v) is 6.03. The second-order valence-corrected chi connectivity index (χ2v) is 4.40. The molecular weight excluding hydrogens is 301 g/mol. The second kappa shape index (κ2) is 5.30. The molecule has 0 saturated heterocycles. The zero-order chi connectivity index (χ0) is 13.1. The second-order valence-electron chi connectivity index (χ2n) is 3.60. The summed E-state index contributed by atoms with van der Waals surface area (Å²) in [6.07, 6.45) is 1.39. The van der Waals surface area contributed by atoms with E-state index < -0.39 is 0 Å². The molecule has 2 aromatic rings. The highest BCUT2D eigenvalue weighted by atomic mass is 79.9. The minimum Gasteiger partial charge on any atom is -0.437 e. The van der Waals surface area contributed by atoms with E-state index in [2.05, 4.69) is 31.2 Å². The normalized spacial score (nSPS) is 10.2. The smallest absolute Gasteiger partial charge is 0.238 e. The van der Waals surface area contributed by atoms with Gasteiger partial charge in [0.05, 0.1) is 0 Å². The fraction of sp³-hybridized carbons (Fsp3) is 0.167. The Morgan fingerprint density at radius 2 is 2.11 bits per heavy atom. The average Bonchev–Trinajstić information content (AvgIpc) is 2.35. The van der Waals surface area contributed by atoms with E-state index in [-0.39, 0.29) is 5.82 Å². The van der Waals surface area contributed by atoms with Crippen molar-refractivity contribution in [2.24, 2.45) is 0 Å². The summed E-state index contributed by atoms with van der Waals surface area (Å²) >= 11 is 3.35. The van der Waals surface area contributed by atoms with E-state index in [1.54, 1.807) is 20.0 Å². The van der Waals surface area contributed by atoms with Gasteiger partial charge in [-0.1, -0.05) is 0 Å². The largest absolute Gasteiger partial charge is 0.437 e. The Morgan fingerprint density at radius 3 is 2.78 bits per heavy atom. The molecule has 0 atom stereocenters. The molecule has 0 aliphatic heterocycles. The zero-order valence-corrected chi connectivity index (χ0v) is 11.5. The number of aromatic nitrogens is 2. The van der Waals surface area contributed by atoms with Crippen LogP contribution in [0.15, 0.2) is 29.0 Å². The Balaban J connectivity index is 2.34. The van der Waals surface area contributed by atoms with Crippen LogP contribution in [0, 0.1) is 12.7 Å². The minimum absolute atomic E-state index is 0.294. The first kappa shape index (κ1) is 12.8. The Morgan fingerprint density at radius 1 is 1.33 bits per heavy atom. The van der Waals surface area contributed by atoms with Gasteiger partial charge < -0.3 is 10.1 Å². The lowest BCUT2D eigenvalue weighted by atomic mass is 10.2. The van der Waals surface area contributed by atoms with Gasteiger partial charge in [-0.15, -0.1) is 0 Å². The van der Waals surface area contributed by atoms with Gasteiger partial charge >= 0.3 is 0 Å². The maximum Gasteiger partial charge on any atom is 0.238 e. The summed E-state index contributed by atoms with van der Waals surface area (Å²) < 4.78 is 19.2. The van der Waals surface area contributed by atoms with Crippen LogP contribution in [0.4, 0.5) is 10.2 Å². The number of aryl methyl sites for hydroxylation is 1. The number of nitrogens with one attached hydrogen (secondary N) is 1. The predicted octanol–water partition coefficient (Wildman–Crippen LogP) is 3.52. The third kappa shape index (κ3) is 2.59. The molecule has 0 spiro atoms. The molecule has 2 rings (SSSR count). The van der Waals surface area contributed by atoms with Gasteiger partial charge in [0.15, 0.2) is 0 Å². The number of nitrogens with zero attached hydrogens (tertiary/aromatic N) is 2. The van der Waals surface area contributed by atoms with E-state index in [0.717, 1.165) is 0 Å². The van der Waals surface area contributed by atoms with Gasteiger partial charge in [0.1, 0.15) is 28.2 Å². The number of ether oxygens (including phenoxy) is 1. The van der Waals surface area contributed by atoms with Crippen LogP contribution in [0.25, 0.3) is 0 Å². The van der Waals surface area contributed by atoms with Crippen molar-refractivity contribution in [3.8, 4) is 11.6 Å². The number of benzene rings is 1. The molecule has 18 heavy (non-hydrogen) atoms. The van der Waals surface area contributed by atoms with E-state index in [0.29, 0.717) is 27.5 Å². The lowest BCUT2D eigenvalue weighted by molar-refractivity contribution is 0.453. The molecule has 4 nitrogen and oxygen atoms in total. The maximum absolute atomic E-state index is 13.0. The fourth-order valence-corrected chi connectivity index (χ4v) is 1.91. The van der Waals surface area contributed by atoms with Gasteiger partial charge in [-0.05, 0) is 46.6 Å². The Labute approximate surface area is 112 Å².